The lowest BCUT2D eigenvalue weighted by molar-refractivity contribution is -0.146. The fourth-order valence-corrected chi connectivity index (χ4v) is 1.90. The first-order chi connectivity index (χ1) is 7.59. The first-order valence-corrected chi connectivity index (χ1v) is 5.03. The number of hydrogen-bond donors (Lipinski definition) is 2. The predicted octanol–water partition coefficient (Wildman–Crippen LogP) is 1.17. The number of aliphatic hydroxyl groups excluding tert-OH is 1. The number of rotatable bonds is 3. The highest BCUT2D eigenvalue weighted by molar-refractivity contribution is 5.84. The molecule has 1 aromatic carbocycles. The van der Waals surface area contributed by atoms with Crippen molar-refractivity contribution in [1.29, 1.82) is 0 Å². The molecular formula is C12H13NO3. The molecule has 1 aromatic heterocycles. The molecule has 0 aliphatic rings. The van der Waals surface area contributed by atoms with Gasteiger partial charge < -0.3 is 14.8 Å². The predicted molar refractivity (Wildman–Crippen MR) is 60.3 cm³/mol. The molecular weight excluding hydrogens is 206 g/mol. The fourth-order valence-electron chi connectivity index (χ4n) is 1.90. The molecule has 0 spiro atoms. The third kappa shape index (κ3) is 1.79. The van der Waals surface area contributed by atoms with E-state index < -0.39 is 12.1 Å². The lowest BCUT2D eigenvalue weighted by atomic mass is 10.1. The SMILES string of the molecule is Cn1ccc2cccc(CC(O)C(=O)O)c21. The Morgan fingerprint density at radius 3 is 2.88 bits per heavy atom. The number of aliphatic carboxylic acids is 1. The number of carboxylic acid groups (broad SMARTS) is 1. The molecule has 1 unspecified atom stereocenters. The monoisotopic (exact) mass is 219 g/mol. The van der Waals surface area contributed by atoms with Gasteiger partial charge >= 0.3 is 5.97 Å². The Morgan fingerprint density at radius 1 is 1.44 bits per heavy atom. The number of benzene rings is 1. The molecule has 0 radical (unpaired) electrons. The average molecular weight is 219 g/mol. The van der Waals surface area contributed by atoms with Crippen molar-refractivity contribution in [2.75, 3.05) is 0 Å². The Kier molecular flexibility index (Phi) is 2.66. The topological polar surface area (TPSA) is 62.5 Å². The molecule has 0 aliphatic heterocycles. The number of carboxylic acids is 1. The van der Waals surface area contributed by atoms with Gasteiger partial charge in [0, 0.05) is 19.7 Å². The second kappa shape index (κ2) is 3.98. The van der Waals surface area contributed by atoms with E-state index in [2.05, 4.69) is 0 Å². The molecule has 0 fully saturated rings. The van der Waals surface area contributed by atoms with Gasteiger partial charge in [-0.2, -0.15) is 0 Å². The molecule has 16 heavy (non-hydrogen) atoms. The van der Waals surface area contributed by atoms with E-state index in [-0.39, 0.29) is 6.42 Å². The quantitative estimate of drug-likeness (QED) is 0.814. The molecule has 0 aliphatic carbocycles. The van der Waals surface area contributed by atoms with E-state index in [1.165, 1.54) is 0 Å². The van der Waals surface area contributed by atoms with Crippen LogP contribution in [0.1, 0.15) is 5.56 Å². The number of nitrogens with zero attached hydrogens (tertiary/aromatic N) is 1. The molecule has 2 aromatic rings. The van der Waals surface area contributed by atoms with Crippen molar-refractivity contribution < 1.29 is 15.0 Å². The second-order valence-electron chi connectivity index (χ2n) is 3.84. The number of aryl methyl sites for hydroxylation is 1. The number of para-hydroxylation sites is 1. The zero-order valence-corrected chi connectivity index (χ0v) is 8.92. The summed E-state index contributed by atoms with van der Waals surface area (Å²) in [7, 11) is 1.90. The van der Waals surface area contributed by atoms with E-state index in [9.17, 15) is 9.90 Å². The summed E-state index contributed by atoms with van der Waals surface area (Å²) >= 11 is 0. The lowest BCUT2D eigenvalue weighted by Crippen LogP contribution is -2.22. The van der Waals surface area contributed by atoms with Crippen LogP contribution in [0.5, 0.6) is 0 Å². The van der Waals surface area contributed by atoms with Crippen LogP contribution >= 0.6 is 0 Å². The van der Waals surface area contributed by atoms with Crippen molar-refractivity contribution in [1.82, 2.24) is 4.57 Å². The van der Waals surface area contributed by atoms with Crippen LogP contribution in [0.15, 0.2) is 30.5 Å². The number of aliphatic hydroxyl groups is 1. The van der Waals surface area contributed by atoms with E-state index in [1.54, 1.807) is 0 Å². The first kappa shape index (κ1) is 10.7. The van der Waals surface area contributed by atoms with Crippen LogP contribution in [-0.2, 0) is 18.3 Å². The summed E-state index contributed by atoms with van der Waals surface area (Å²) in [5, 5.41) is 19.1. The van der Waals surface area contributed by atoms with Gasteiger partial charge in [0.05, 0.1) is 5.52 Å². The number of hydrogen-bond acceptors (Lipinski definition) is 2. The van der Waals surface area contributed by atoms with Gasteiger partial charge in [0.15, 0.2) is 6.10 Å². The Labute approximate surface area is 92.7 Å². The smallest absolute Gasteiger partial charge is 0.332 e. The third-order valence-electron chi connectivity index (χ3n) is 2.68. The van der Waals surface area contributed by atoms with Crippen LogP contribution < -0.4 is 0 Å². The molecule has 0 bridgehead atoms. The molecule has 1 atom stereocenters. The molecule has 4 nitrogen and oxygen atoms in total. The highest BCUT2D eigenvalue weighted by Gasteiger charge is 2.16. The van der Waals surface area contributed by atoms with Crippen LogP contribution in [0.25, 0.3) is 10.9 Å². The van der Waals surface area contributed by atoms with Crippen LogP contribution in [-0.4, -0.2) is 26.9 Å². The van der Waals surface area contributed by atoms with E-state index in [0.29, 0.717) is 0 Å². The van der Waals surface area contributed by atoms with Gasteiger partial charge in [-0.05, 0) is 17.0 Å². The van der Waals surface area contributed by atoms with Gasteiger partial charge in [0.1, 0.15) is 0 Å². The van der Waals surface area contributed by atoms with Gasteiger partial charge in [-0.25, -0.2) is 4.79 Å². The maximum Gasteiger partial charge on any atom is 0.332 e. The highest BCUT2D eigenvalue weighted by atomic mass is 16.4. The molecule has 0 saturated heterocycles. The van der Waals surface area contributed by atoms with Gasteiger partial charge in [0.2, 0.25) is 0 Å². The average Bonchev–Trinajstić information content (AvgIpc) is 2.61. The van der Waals surface area contributed by atoms with Crippen molar-refractivity contribution in [3.8, 4) is 0 Å². The van der Waals surface area contributed by atoms with Crippen molar-refractivity contribution >= 4 is 16.9 Å². The normalized spacial score (nSPS) is 12.9. The van der Waals surface area contributed by atoms with Crippen LogP contribution in [0.4, 0.5) is 0 Å². The summed E-state index contributed by atoms with van der Waals surface area (Å²) in [5.74, 6) is -1.19. The summed E-state index contributed by atoms with van der Waals surface area (Å²) in [6.07, 6.45) is 0.701. The minimum atomic E-state index is -1.35. The summed E-state index contributed by atoms with van der Waals surface area (Å²) < 4.78 is 1.93. The van der Waals surface area contributed by atoms with E-state index in [0.717, 1.165) is 16.5 Å². The second-order valence-corrected chi connectivity index (χ2v) is 3.84. The van der Waals surface area contributed by atoms with Crippen molar-refractivity contribution in [3.05, 3.63) is 36.0 Å². The summed E-state index contributed by atoms with van der Waals surface area (Å²) in [5.41, 5.74) is 1.82. The minimum absolute atomic E-state index is 0.129. The van der Waals surface area contributed by atoms with Crippen molar-refractivity contribution in [2.24, 2.45) is 7.05 Å². The molecule has 4 heteroatoms. The molecule has 2 N–H and O–H groups in total. The Morgan fingerprint density at radius 2 is 2.19 bits per heavy atom. The number of aromatic nitrogens is 1. The number of fused-ring (bicyclic) bond motifs is 1. The molecule has 0 saturated carbocycles. The standard InChI is InChI=1S/C12H13NO3/c1-13-6-5-8-3-2-4-9(11(8)13)7-10(14)12(15)16/h2-6,10,14H,7H2,1H3,(H,15,16). The zero-order valence-electron chi connectivity index (χ0n) is 8.92. The van der Waals surface area contributed by atoms with E-state index >= 15 is 0 Å². The fraction of sp³-hybridized carbons (Fsp3) is 0.250. The molecule has 84 valence electrons. The third-order valence-corrected chi connectivity index (χ3v) is 2.68. The van der Waals surface area contributed by atoms with Gasteiger partial charge in [0.25, 0.3) is 0 Å². The van der Waals surface area contributed by atoms with Crippen molar-refractivity contribution in [3.63, 3.8) is 0 Å². The van der Waals surface area contributed by atoms with Crippen molar-refractivity contribution in [2.45, 2.75) is 12.5 Å². The van der Waals surface area contributed by atoms with Crippen LogP contribution in [0.3, 0.4) is 0 Å². The maximum absolute atomic E-state index is 10.6. The minimum Gasteiger partial charge on any atom is -0.479 e. The first-order valence-electron chi connectivity index (χ1n) is 5.03. The van der Waals surface area contributed by atoms with Crippen LogP contribution in [0.2, 0.25) is 0 Å². The lowest BCUT2D eigenvalue weighted by Gasteiger charge is -2.08. The Bertz CT molecular complexity index is 530. The molecule has 1 heterocycles. The zero-order chi connectivity index (χ0) is 11.7. The summed E-state index contributed by atoms with van der Waals surface area (Å²) in [4.78, 5) is 10.6. The molecule has 0 amide bonds. The Balaban J connectivity index is 2.44. The van der Waals surface area contributed by atoms with Gasteiger partial charge in [-0.15, -0.1) is 0 Å². The maximum atomic E-state index is 10.6. The van der Waals surface area contributed by atoms with E-state index in [1.807, 2.05) is 42.1 Å². The largest absolute Gasteiger partial charge is 0.479 e. The summed E-state index contributed by atoms with van der Waals surface area (Å²) in [6.45, 7) is 0. The van der Waals surface area contributed by atoms with Gasteiger partial charge in [-0.3, -0.25) is 0 Å². The molecule has 2 rings (SSSR count). The summed E-state index contributed by atoms with van der Waals surface area (Å²) in [6, 6.07) is 7.64. The Hall–Kier alpha value is -1.81. The van der Waals surface area contributed by atoms with Crippen LogP contribution in [0, 0.1) is 0 Å². The van der Waals surface area contributed by atoms with E-state index in [4.69, 9.17) is 5.11 Å². The van der Waals surface area contributed by atoms with Gasteiger partial charge in [-0.1, -0.05) is 18.2 Å². The number of carbonyl (C=O) groups is 1. The highest BCUT2D eigenvalue weighted by Crippen LogP contribution is 2.20.